The van der Waals surface area contributed by atoms with E-state index in [2.05, 4.69) is 21.2 Å². The number of para-hydroxylation sites is 1. The lowest BCUT2D eigenvalue weighted by molar-refractivity contribution is -0.281. The molecule has 1 aromatic carbocycles. The molecule has 2 saturated heterocycles. The molecule has 2 aliphatic heterocycles. The molecule has 0 radical (unpaired) electrons. The Kier molecular flexibility index (Phi) is 4.47. The van der Waals surface area contributed by atoms with Crippen LogP contribution in [0.15, 0.2) is 28.7 Å². The number of urea groups is 1. The van der Waals surface area contributed by atoms with Crippen molar-refractivity contribution in [1.82, 2.24) is 4.90 Å². The van der Waals surface area contributed by atoms with E-state index < -0.39 is 5.79 Å². The van der Waals surface area contributed by atoms with Crippen LogP contribution in [-0.2, 0) is 9.47 Å². The average molecular weight is 355 g/mol. The molecule has 2 fully saturated rings. The minimum atomic E-state index is -0.456. The van der Waals surface area contributed by atoms with Crippen LogP contribution in [0.25, 0.3) is 0 Å². The van der Waals surface area contributed by atoms with E-state index in [1.54, 1.807) is 0 Å². The van der Waals surface area contributed by atoms with Crippen molar-refractivity contribution in [3.63, 3.8) is 0 Å². The molecule has 2 heterocycles. The van der Waals surface area contributed by atoms with Crippen LogP contribution in [0, 0.1) is 0 Å². The van der Waals surface area contributed by atoms with Gasteiger partial charge in [0.05, 0.1) is 18.9 Å². The lowest BCUT2D eigenvalue weighted by Crippen LogP contribution is -2.52. The van der Waals surface area contributed by atoms with Gasteiger partial charge in [0.15, 0.2) is 5.79 Å². The minimum absolute atomic E-state index is 0.0763. The molecule has 3 rings (SSSR count). The molecule has 1 N–H and O–H groups in total. The fourth-order valence-corrected chi connectivity index (χ4v) is 3.10. The summed E-state index contributed by atoms with van der Waals surface area (Å²) in [5.41, 5.74) is 0.785. The number of carbonyl (C=O) groups is 1. The lowest BCUT2D eigenvalue weighted by atomic mass is 10.0. The number of ether oxygens (including phenoxy) is 2. The molecule has 114 valence electrons. The van der Waals surface area contributed by atoms with Crippen molar-refractivity contribution in [3.8, 4) is 0 Å². The highest BCUT2D eigenvalue weighted by Crippen LogP contribution is 2.31. The van der Waals surface area contributed by atoms with Gasteiger partial charge in [0.1, 0.15) is 0 Å². The number of benzene rings is 1. The summed E-state index contributed by atoms with van der Waals surface area (Å²) in [5.74, 6) is -0.456. The van der Waals surface area contributed by atoms with Crippen molar-refractivity contribution in [3.05, 3.63) is 28.7 Å². The molecule has 1 spiro atoms. The first-order valence-corrected chi connectivity index (χ1v) is 8.06. The molecule has 0 unspecified atom stereocenters. The maximum Gasteiger partial charge on any atom is 0.321 e. The fraction of sp³-hybridized carbons (Fsp3) is 0.533. The van der Waals surface area contributed by atoms with Crippen molar-refractivity contribution < 1.29 is 14.3 Å². The Morgan fingerprint density at radius 1 is 1.19 bits per heavy atom. The summed E-state index contributed by atoms with van der Waals surface area (Å²) in [4.78, 5) is 14.1. The molecular formula is C15H19BrN2O3. The zero-order valence-corrected chi connectivity index (χ0v) is 13.4. The molecule has 0 bridgehead atoms. The van der Waals surface area contributed by atoms with Gasteiger partial charge in [0, 0.05) is 30.4 Å². The van der Waals surface area contributed by atoms with E-state index in [4.69, 9.17) is 9.47 Å². The van der Waals surface area contributed by atoms with Gasteiger partial charge in [-0.1, -0.05) is 12.1 Å². The predicted octanol–water partition coefficient (Wildman–Crippen LogP) is 3.21. The number of piperidine rings is 1. The van der Waals surface area contributed by atoms with E-state index in [0.29, 0.717) is 13.1 Å². The van der Waals surface area contributed by atoms with Gasteiger partial charge in [-0.05, 0) is 34.5 Å². The van der Waals surface area contributed by atoms with Crippen LogP contribution >= 0.6 is 15.9 Å². The van der Waals surface area contributed by atoms with Crippen molar-refractivity contribution in [2.75, 3.05) is 31.6 Å². The van der Waals surface area contributed by atoms with Gasteiger partial charge in [0.25, 0.3) is 0 Å². The van der Waals surface area contributed by atoms with Gasteiger partial charge < -0.3 is 19.7 Å². The molecule has 1 aromatic rings. The van der Waals surface area contributed by atoms with Crippen LogP contribution in [0.2, 0.25) is 0 Å². The molecule has 0 aliphatic carbocycles. The quantitative estimate of drug-likeness (QED) is 0.842. The first kappa shape index (κ1) is 14.8. The summed E-state index contributed by atoms with van der Waals surface area (Å²) in [7, 11) is 0. The van der Waals surface area contributed by atoms with Gasteiger partial charge >= 0.3 is 6.03 Å². The topological polar surface area (TPSA) is 50.8 Å². The Morgan fingerprint density at radius 3 is 2.52 bits per heavy atom. The van der Waals surface area contributed by atoms with Crippen molar-refractivity contribution >= 4 is 27.6 Å². The molecule has 2 amide bonds. The van der Waals surface area contributed by atoms with Crippen molar-refractivity contribution in [1.29, 1.82) is 0 Å². The monoisotopic (exact) mass is 354 g/mol. The number of hydrogen-bond acceptors (Lipinski definition) is 3. The summed E-state index contributed by atoms with van der Waals surface area (Å²) < 4.78 is 12.4. The summed E-state index contributed by atoms with van der Waals surface area (Å²) >= 11 is 3.43. The summed E-state index contributed by atoms with van der Waals surface area (Å²) in [6.07, 6.45) is 2.42. The summed E-state index contributed by atoms with van der Waals surface area (Å²) in [5, 5.41) is 2.93. The van der Waals surface area contributed by atoms with Gasteiger partial charge in [-0.25, -0.2) is 4.79 Å². The zero-order chi connectivity index (χ0) is 14.7. The number of halogens is 1. The van der Waals surface area contributed by atoms with E-state index in [1.807, 2.05) is 29.2 Å². The molecule has 5 nitrogen and oxygen atoms in total. The Morgan fingerprint density at radius 2 is 1.86 bits per heavy atom. The Hall–Kier alpha value is -1.11. The summed E-state index contributed by atoms with van der Waals surface area (Å²) in [6, 6.07) is 7.52. The van der Waals surface area contributed by atoms with Crippen molar-refractivity contribution in [2.24, 2.45) is 0 Å². The maximum absolute atomic E-state index is 12.3. The molecule has 6 heteroatoms. The molecular weight excluding hydrogens is 336 g/mol. The second-order valence-corrected chi connectivity index (χ2v) is 6.21. The van der Waals surface area contributed by atoms with Gasteiger partial charge in [-0.3, -0.25) is 0 Å². The third-order valence-corrected chi connectivity index (χ3v) is 4.64. The van der Waals surface area contributed by atoms with Crippen LogP contribution in [0.5, 0.6) is 0 Å². The second kappa shape index (κ2) is 6.34. The number of carbonyl (C=O) groups excluding carboxylic acids is 1. The maximum atomic E-state index is 12.3. The van der Waals surface area contributed by atoms with E-state index in [1.165, 1.54) is 0 Å². The van der Waals surface area contributed by atoms with E-state index >= 15 is 0 Å². The molecule has 2 aliphatic rings. The van der Waals surface area contributed by atoms with E-state index in [9.17, 15) is 4.79 Å². The normalized spacial score (nSPS) is 21.3. The Labute approximate surface area is 132 Å². The number of likely N-dealkylation sites (tertiary alicyclic amines) is 1. The number of nitrogens with one attached hydrogen (secondary N) is 1. The number of nitrogens with zero attached hydrogens (tertiary/aromatic N) is 1. The summed E-state index contributed by atoms with van der Waals surface area (Å²) in [6.45, 7) is 2.80. The number of amides is 2. The highest BCUT2D eigenvalue weighted by atomic mass is 79.9. The molecule has 0 saturated carbocycles. The van der Waals surface area contributed by atoms with Crippen LogP contribution in [0.1, 0.15) is 19.3 Å². The number of anilines is 1. The van der Waals surface area contributed by atoms with E-state index in [-0.39, 0.29) is 6.03 Å². The highest BCUT2D eigenvalue weighted by Gasteiger charge is 2.39. The number of hydrogen-bond donors (Lipinski definition) is 1. The molecule has 21 heavy (non-hydrogen) atoms. The van der Waals surface area contributed by atoms with Crippen LogP contribution in [0.3, 0.4) is 0 Å². The first-order valence-electron chi connectivity index (χ1n) is 7.27. The molecule has 0 atom stereocenters. The highest BCUT2D eigenvalue weighted by molar-refractivity contribution is 9.10. The van der Waals surface area contributed by atoms with Crippen LogP contribution in [0.4, 0.5) is 10.5 Å². The second-order valence-electron chi connectivity index (χ2n) is 5.36. The third kappa shape index (κ3) is 3.39. The van der Waals surface area contributed by atoms with Gasteiger partial charge in [-0.2, -0.15) is 0 Å². The first-order chi connectivity index (χ1) is 10.2. The predicted molar refractivity (Wildman–Crippen MR) is 83.2 cm³/mol. The fourth-order valence-electron chi connectivity index (χ4n) is 2.71. The van der Waals surface area contributed by atoms with E-state index in [0.717, 1.165) is 42.6 Å². The zero-order valence-electron chi connectivity index (χ0n) is 11.8. The molecule has 0 aromatic heterocycles. The van der Waals surface area contributed by atoms with Gasteiger partial charge in [0.2, 0.25) is 0 Å². The van der Waals surface area contributed by atoms with Crippen LogP contribution in [-0.4, -0.2) is 43.0 Å². The number of rotatable bonds is 1. The Balaban J connectivity index is 1.57. The lowest BCUT2D eigenvalue weighted by Gasteiger charge is -2.43. The van der Waals surface area contributed by atoms with Crippen molar-refractivity contribution in [2.45, 2.75) is 25.0 Å². The minimum Gasteiger partial charge on any atom is -0.350 e. The Bertz CT molecular complexity index is 507. The van der Waals surface area contributed by atoms with Gasteiger partial charge in [-0.15, -0.1) is 0 Å². The standard InChI is InChI=1S/C15H19BrN2O3/c16-12-4-1-2-5-13(12)17-14(19)18-8-6-15(7-9-18)20-10-3-11-21-15/h1-2,4-5H,3,6-11H2,(H,17,19). The SMILES string of the molecule is O=C(Nc1ccccc1Br)N1CCC2(CC1)OCCCO2. The largest absolute Gasteiger partial charge is 0.350 e. The average Bonchev–Trinajstić information content (AvgIpc) is 2.51. The van der Waals surface area contributed by atoms with Crippen LogP contribution < -0.4 is 5.32 Å². The smallest absolute Gasteiger partial charge is 0.321 e. The third-order valence-electron chi connectivity index (χ3n) is 3.95.